The first-order valence-corrected chi connectivity index (χ1v) is 9.59. The third-order valence-electron chi connectivity index (χ3n) is 5.07. The number of nitrogens with zero attached hydrogens (tertiary/aromatic N) is 3. The van der Waals surface area contributed by atoms with Crippen molar-refractivity contribution in [3.05, 3.63) is 52.8 Å². The molecule has 1 saturated heterocycles. The molecule has 0 atom stereocenters. The fraction of sp³-hybridized carbons (Fsp3) is 0.364. The van der Waals surface area contributed by atoms with E-state index in [2.05, 4.69) is 0 Å². The number of amides is 4. The Kier molecular flexibility index (Phi) is 5.42. The summed E-state index contributed by atoms with van der Waals surface area (Å²) in [5.74, 6) is -2.17. The van der Waals surface area contributed by atoms with Crippen molar-refractivity contribution in [2.75, 3.05) is 13.1 Å². The second kappa shape index (κ2) is 7.66. The minimum absolute atomic E-state index is 0.0272. The van der Waals surface area contributed by atoms with Crippen molar-refractivity contribution in [2.45, 2.75) is 34.6 Å². The molecule has 1 aromatic carbocycles. The topological polar surface area (TPSA) is 79.7 Å². The van der Waals surface area contributed by atoms with E-state index in [9.17, 15) is 19.2 Å². The summed E-state index contributed by atoms with van der Waals surface area (Å²) in [5, 5.41) is 0. The van der Waals surface area contributed by atoms with Gasteiger partial charge in [-0.25, -0.2) is 9.69 Å². The number of imide groups is 2. The van der Waals surface area contributed by atoms with Gasteiger partial charge in [0.25, 0.3) is 0 Å². The molecule has 29 heavy (non-hydrogen) atoms. The molecule has 0 N–H and O–H groups in total. The molecule has 1 aromatic heterocycles. The number of aromatic nitrogens is 1. The SMILES string of the molecule is Cc1ccccc1-n1c(C)cc(C(=O)CN2C(=O)C(=O)N(CC(C)C)C2=O)c1C. The Hall–Kier alpha value is -3.22. The van der Waals surface area contributed by atoms with Crippen molar-refractivity contribution >= 4 is 23.6 Å². The summed E-state index contributed by atoms with van der Waals surface area (Å²) < 4.78 is 1.98. The Morgan fingerprint density at radius 1 is 0.966 bits per heavy atom. The lowest BCUT2D eigenvalue weighted by Crippen LogP contribution is -2.38. The van der Waals surface area contributed by atoms with Crippen molar-refractivity contribution in [2.24, 2.45) is 5.92 Å². The Morgan fingerprint density at radius 3 is 2.21 bits per heavy atom. The van der Waals surface area contributed by atoms with Gasteiger partial charge >= 0.3 is 17.8 Å². The van der Waals surface area contributed by atoms with Gasteiger partial charge < -0.3 is 4.57 Å². The number of carbonyl (C=O) groups is 4. The first kappa shape index (κ1) is 20.5. The zero-order valence-electron chi connectivity index (χ0n) is 17.4. The highest BCUT2D eigenvalue weighted by atomic mass is 16.2. The Balaban J connectivity index is 1.88. The van der Waals surface area contributed by atoms with Gasteiger partial charge in [-0.3, -0.25) is 19.3 Å². The van der Waals surface area contributed by atoms with Crippen LogP contribution in [0.2, 0.25) is 0 Å². The van der Waals surface area contributed by atoms with Crippen LogP contribution < -0.4 is 0 Å². The van der Waals surface area contributed by atoms with E-state index in [0.717, 1.165) is 32.4 Å². The Labute approximate surface area is 169 Å². The van der Waals surface area contributed by atoms with Gasteiger partial charge in [0, 0.05) is 29.2 Å². The van der Waals surface area contributed by atoms with E-state index in [-0.39, 0.29) is 18.2 Å². The van der Waals surface area contributed by atoms with Crippen LogP contribution in [0.4, 0.5) is 4.79 Å². The summed E-state index contributed by atoms with van der Waals surface area (Å²) in [5.41, 5.74) is 4.06. The predicted molar refractivity (Wildman–Crippen MR) is 108 cm³/mol. The molecule has 0 spiro atoms. The second-order valence-electron chi connectivity index (χ2n) is 7.81. The summed E-state index contributed by atoms with van der Waals surface area (Å²) in [6.07, 6.45) is 0. The van der Waals surface area contributed by atoms with E-state index in [1.807, 2.05) is 63.5 Å². The number of para-hydroxylation sites is 1. The minimum atomic E-state index is -0.947. The average Bonchev–Trinajstić information content (AvgIpc) is 3.05. The number of urea groups is 1. The normalized spacial score (nSPS) is 14.5. The van der Waals surface area contributed by atoms with E-state index < -0.39 is 24.4 Å². The lowest BCUT2D eigenvalue weighted by molar-refractivity contribution is -0.143. The molecule has 3 rings (SSSR count). The number of carbonyl (C=O) groups excluding carboxylic acids is 4. The van der Waals surface area contributed by atoms with E-state index in [0.29, 0.717) is 5.56 Å². The van der Waals surface area contributed by atoms with E-state index in [1.54, 1.807) is 6.07 Å². The van der Waals surface area contributed by atoms with Gasteiger partial charge in [0.15, 0.2) is 5.78 Å². The highest BCUT2D eigenvalue weighted by molar-refractivity contribution is 6.45. The van der Waals surface area contributed by atoms with Crippen LogP contribution in [-0.4, -0.2) is 51.1 Å². The molecule has 0 unspecified atom stereocenters. The zero-order valence-corrected chi connectivity index (χ0v) is 17.4. The van der Waals surface area contributed by atoms with Gasteiger partial charge in [0.05, 0.1) is 6.54 Å². The van der Waals surface area contributed by atoms with Gasteiger partial charge in [-0.1, -0.05) is 32.0 Å². The zero-order chi connectivity index (χ0) is 21.5. The summed E-state index contributed by atoms with van der Waals surface area (Å²) in [6, 6.07) is 8.87. The van der Waals surface area contributed by atoms with Crippen LogP contribution in [0, 0.1) is 26.7 Å². The standard InChI is InChI=1S/C22H25N3O4/c1-13(2)11-23-20(27)21(28)24(22(23)29)12-19(26)17-10-15(4)25(16(17)5)18-9-7-6-8-14(18)3/h6-10,13H,11-12H2,1-5H3. The number of benzene rings is 1. The van der Waals surface area contributed by atoms with Gasteiger partial charge in [0.1, 0.15) is 0 Å². The van der Waals surface area contributed by atoms with Crippen molar-refractivity contribution in [1.29, 1.82) is 0 Å². The highest BCUT2D eigenvalue weighted by Crippen LogP contribution is 2.24. The third-order valence-corrected chi connectivity index (χ3v) is 5.07. The number of rotatable bonds is 6. The maximum atomic E-state index is 12.9. The van der Waals surface area contributed by atoms with Crippen molar-refractivity contribution in [3.63, 3.8) is 0 Å². The molecule has 7 heteroatoms. The lowest BCUT2D eigenvalue weighted by Gasteiger charge is -2.16. The van der Waals surface area contributed by atoms with Crippen LogP contribution in [0.3, 0.4) is 0 Å². The summed E-state index contributed by atoms with van der Waals surface area (Å²) >= 11 is 0. The molecule has 0 radical (unpaired) electrons. The molecule has 0 saturated carbocycles. The summed E-state index contributed by atoms with van der Waals surface area (Å²) in [6.45, 7) is 9.11. The number of ketones is 1. The van der Waals surface area contributed by atoms with Crippen LogP contribution in [0.25, 0.3) is 5.69 Å². The molecule has 4 amide bonds. The molecule has 0 bridgehead atoms. The predicted octanol–water partition coefficient (Wildman–Crippen LogP) is 3.03. The molecule has 1 aliphatic rings. The molecule has 1 aliphatic heterocycles. The first-order chi connectivity index (χ1) is 13.6. The summed E-state index contributed by atoms with van der Waals surface area (Å²) in [7, 11) is 0. The van der Waals surface area contributed by atoms with Crippen LogP contribution >= 0.6 is 0 Å². The van der Waals surface area contributed by atoms with Gasteiger partial charge in [-0.2, -0.15) is 0 Å². The minimum Gasteiger partial charge on any atom is -0.317 e. The van der Waals surface area contributed by atoms with Crippen molar-refractivity contribution in [3.8, 4) is 5.69 Å². The fourth-order valence-electron chi connectivity index (χ4n) is 3.67. The van der Waals surface area contributed by atoms with Gasteiger partial charge in [-0.05, 0) is 44.4 Å². The smallest absolute Gasteiger partial charge is 0.317 e. The maximum Gasteiger partial charge on any atom is 0.334 e. The quantitative estimate of drug-likeness (QED) is 0.428. The Morgan fingerprint density at radius 2 is 1.59 bits per heavy atom. The molecular formula is C22H25N3O4. The van der Waals surface area contributed by atoms with Gasteiger partial charge in [0.2, 0.25) is 0 Å². The molecule has 152 valence electrons. The highest BCUT2D eigenvalue weighted by Gasteiger charge is 2.45. The first-order valence-electron chi connectivity index (χ1n) is 9.59. The molecular weight excluding hydrogens is 370 g/mol. The van der Waals surface area contributed by atoms with Crippen molar-refractivity contribution < 1.29 is 19.2 Å². The van der Waals surface area contributed by atoms with Crippen molar-refractivity contribution in [1.82, 2.24) is 14.4 Å². The Bertz CT molecular complexity index is 1020. The van der Waals surface area contributed by atoms with Crippen LogP contribution in [0.15, 0.2) is 30.3 Å². The summed E-state index contributed by atoms with van der Waals surface area (Å²) in [4.78, 5) is 51.5. The van der Waals surface area contributed by atoms with Crippen LogP contribution in [0.1, 0.15) is 41.2 Å². The largest absolute Gasteiger partial charge is 0.334 e. The molecule has 1 fully saturated rings. The van der Waals surface area contributed by atoms with E-state index in [1.165, 1.54) is 0 Å². The lowest BCUT2D eigenvalue weighted by atomic mass is 10.1. The van der Waals surface area contributed by atoms with E-state index in [4.69, 9.17) is 0 Å². The van der Waals surface area contributed by atoms with Gasteiger partial charge in [-0.15, -0.1) is 0 Å². The molecule has 2 aromatic rings. The number of Topliss-reactive ketones (excluding diaryl/α,β-unsaturated/α-hetero) is 1. The second-order valence-corrected chi connectivity index (χ2v) is 7.81. The number of aryl methyl sites for hydroxylation is 2. The third kappa shape index (κ3) is 3.60. The monoisotopic (exact) mass is 395 g/mol. The van der Waals surface area contributed by atoms with Crippen LogP contribution in [-0.2, 0) is 9.59 Å². The number of hydrogen-bond acceptors (Lipinski definition) is 4. The average molecular weight is 395 g/mol. The maximum absolute atomic E-state index is 12.9. The van der Waals surface area contributed by atoms with Crippen LogP contribution in [0.5, 0.6) is 0 Å². The molecule has 0 aliphatic carbocycles. The molecule has 2 heterocycles. The fourth-order valence-corrected chi connectivity index (χ4v) is 3.67. The molecule has 7 nitrogen and oxygen atoms in total. The number of hydrogen-bond donors (Lipinski definition) is 0. The van der Waals surface area contributed by atoms with E-state index >= 15 is 0 Å².